The third-order valence-corrected chi connectivity index (χ3v) is 11.0. The van der Waals surface area contributed by atoms with Gasteiger partial charge in [0.1, 0.15) is 5.75 Å². The van der Waals surface area contributed by atoms with E-state index in [1.165, 1.54) is 21.9 Å². The molecule has 0 fully saturated rings. The van der Waals surface area contributed by atoms with Crippen LogP contribution in [0.1, 0.15) is 52.7 Å². The molecule has 0 saturated heterocycles. The first-order valence-corrected chi connectivity index (χ1v) is 19.8. The standard InChI is InChI=1S/C53H45N4O.Pt/c1-52(2,3)39-27-37(28-40(32-39)53(4,5)6)38-30-47(56-48(31-38)45-18-8-10-22-50(45)58)36-15-11-14-35(26-36)46-29-34(23-25-55-46)42-19-12-20-44-43-17-7-9-21-49(43)57(51(42)44)41-16-13-24-54-33-41;/h7-25,27-33,58H,1-6H3;/q-1;. The van der Waals surface area contributed by atoms with E-state index in [1.807, 2.05) is 55.0 Å². The molecule has 4 heterocycles. The fourth-order valence-electron chi connectivity index (χ4n) is 7.84. The molecule has 294 valence electrons. The third-order valence-electron chi connectivity index (χ3n) is 11.0. The van der Waals surface area contributed by atoms with Gasteiger partial charge in [0.15, 0.2) is 0 Å². The molecule has 5 aromatic carbocycles. The Morgan fingerprint density at radius 1 is 0.542 bits per heavy atom. The third kappa shape index (κ3) is 7.64. The van der Waals surface area contributed by atoms with Crippen LogP contribution in [-0.4, -0.2) is 24.6 Å². The molecule has 0 spiro atoms. The molecule has 0 aliphatic rings. The van der Waals surface area contributed by atoms with E-state index >= 15 is 0 Å². The molecular formula is C53H45N4OPt-. The smallest absolute Gasteiger partial charge is 0.124 e. The Hall–Kier alpha value is -6.16. The molecule has 0 atom stereocenters. The van der Waals surface area contributed by atoms with Crippen LogP contribution in [0, 0.1) is 6.07 Å². The van der Waals surface area contributed by atoms with Gasteiger partial charge in [0.25, 0.3) is 0 Å². The number of fused-ring (bicyclic) bond motifs is 3. The fourth-order valence-corrected chi connectivity index (χ4v) is 7.84. The van der Waals surface area contributed by atoms with Crippen LogP contribution >= 0.6 is 0 Å². The summed E-state index contributed by atoms with van der Waals surface area (Å²) in [5, 5.41) is 13.4. The van der Waals surface area contributed by atoms with Crippen LogP contribution in [0.25, 0.3) is 83.5 Å². The van der Waals surface area contributed by atoms with Gasteiger partial charge in [0.2, 0.25) is 0 Å². The van der Waals surface area contributed by atoms with Gasteiger partial charge in [-0.15, -0.1) is 24.3 Å². The van der Waals surface area contributed by atoms with Crippen LogP contribution in [0.4, 0.5) is 0 Å². The molecule has 0 unspecified atom stereocenters. The zero-order chi connectivity index (χ0) is 40.2. The summed E-state index contributed by atoms with van der Waals surface area (Å²) in [6.45, 7) is 13.5. The fraction of sp³-hybridized carbons (Fsp3) is 0.151. The Morgan fingerprint density at radius 2 is 1.17 bits per heavy atom. The van der Waals surface area contributed by atoms with E-state index in [1.54, 1.807) is 6.07 Å². The average Bonchev–Trinajstić information content (AvgIpc) is 3.58. The Balaban J connectivity index is 0.00000484. The predicted octanol–water partition coefficient (Wildman–Crippen LogP) is 13.4. The number of hydrogen-bond acceptors (Lipinski definition) is 4. The van der Waals surface area contributed by atoms with Gasteiger partial charge >= 0.3 is 0 Å². The summed E-state index contributed by atoms with van der Waals surface area (Å²) in [4.78, 5) is 14.5. The largest absolute Gasteiger partial charge is 0.507 e. The van der Waals surface area contributed by atoms with Crippen LogP contribution < -0.4 is 0 Å². The molecule has 1 N–H and O–H groups in total. The number of phenols is 1. The van der Waals surface area contributed by atoms with Crippen LogP contribution in [0.2, 0.25) is 0 Å². The van der Waals surface area contributed by atoms with Gasteiger partial charge in [0.05, 0.1) is 28.6 Å². The van der Waals surface area contributed by atoms with Gasteiger partial charge in [0, 0.05) is 66.7 Å². The van der Waals surface area contributed by atoms with Gasteiger partial charge in [-0.25, -0.2) is 0 Å². The number of pyridine rings is 3. The Kier molecular flexibility index (Phi) is 10.4. The summed E-state index contributed by atoms with van der Waals surface area (Å²) in [7, 11) is 0. The number of benzene rings is 5. The van der Waals surface area contributed by atoms with E-state index in [-0.39, 0.29) is 37.6 Å². The minimum Gasteiger partial charge on any atom is -0.507 e. The van der Waals surface area contributed by atoms with Gasteiger partial charge in [-0.1, -0.05) is 132 Å². The van der Waals surface area contributed by atoms with Crippen molar-refractivity contribution < 1.29 is 26.2 Å². The Bertz CT molecular complexity index is 2960. The van der Waals surface area contributed by atoms with Gasteiger partial charge in [-0.2, -0.15) is 0 Å². The molecule has 0 bridgehead atoms. The van der Waals surface area contributed by atoms with E-state index < -0.39 is 0 Å². The summed E-state index contributed by atoms with van der Waals surface area (Å²) < 4.78 is 2.31. The summed E-state index contributed by atoms with van der Waals surface area (Å²) in [6, 6.07) is 51.8. The molecule has 0 amide bonds. The van der Waals surface area contributed by atoms with E-state index in [9.17, 15) is 5.11 Å². The second kappa shape index (κ2) is 15.5. The molecule has 5 nitrogen and oxygen atoms in total. The van der Waals surface area contributed by atoms with Gasteiger partial charge in [-0.3, -0.25) is 15.0 Å². The number of hydrogen-bond donors (Lipinski definition) is 1. The average molecular weight is 949 g/mol. The van der Waals surface area contributed by atoms with Crippen molar-refractivity contribution >= 4 is 21.8 Å². The maximum atomic E-state index is 11.0. The Labute approximate surface area is 360 Å². The molecule has 0 radical (unpaired) electrons. The van der Waals surface area contributed by atoms with Crippen molar-refractivity contribution in [1.29, 1.82) is 0 Å². The topological polar surface area (TPSA) is 63.8 Å². The first-order chi connectivity index (χ1) is 27.9. The molecule has 9 rings (SSSR count). The second-order valence-electron chi connectivity index (χ2n) is 17.1. The molecule has 0 aliphatic carbocycles. The van der Waals surface area contributed by atoms with E-state index in [0.29, 0.717) is 11.3 Å². The summed E-state index contributed by atoms with van der Waals surface area (Å²) >= 11 is 0. The molecule has 4 aromatic heterocycles. The van der Waals surface area contributed by atoms with Crippen LogP contribution in [-0.2, 0) is 31.9 Å². The maximum Gasteiger partial charge on any atom is 0.124 e. The van der Waals surface area contributed by atoms with Crippen molar-refractivity contribution in [3.8, 4) is 67.5 Å². The van der Waals surface area contributed by atoms with Crippen molar-refractivity contribution in [2.24, 2.45) is 0 Å². The minimum atomic E-state index is -0.0447. The second-order valence-corrected chi connectivity index (χ2v) is 17.1. The minimum absolute atomic E-state index is 0. The molecular weight excluding hydrogens is 904 g/mol. The van der Waals surface area contributed by atoms with Crippen molar-refractivity contribution in [3.63, 3.8) is 0 Å². The Morgan fingerprint density at radius 3 is 1.90 bits per heavy atom. The summed E-state index contributed by atoms with van der Waals surface area (Å²) in [5.74, 6) is 0.188. The number of aromatic hydroxyl groups is 1. The number of nitrogens with zero attached hydrogens (tertiary/aromatic N) is 4. The first-order valence-electron chi connectivity index (χ1n) is 19.8. The van der Waals surface area contributed by atoms with Crippen molar-refractivity contribution in [2.45, 2.75) is 52.4 Å². The number of para-hydroxylation sites is 3. The molecule has 59 heavy (non-hydrogen) atoms. The van der Waals surface area contributed by atoms with Crippen molar-refractivity contribution in [3.05, 3.63) is 175 Å². The SMILES string of the molecule is CC(C)(C)c1cc(-c2cc(-c3[c-]c(-c4cc(-c5cccc6c7ccccc7n(-c7cccnc7)c56)ccn4)ccc3)nc(-c3ccccc3O)c2)cc(C(C)(C)C)c1.[Pt]. The zero-order valence-corrected chi connectivity index (χ0v) is 36.3. The predicted molar refractivity (Wildman–Crippen MR) is 239 cm³/mol. The zero-order valence-electron chi connectivity index (χ0n) is 34.1. The van der Waals surface area contributed by atoms with E-state index in [2.05, 4.69) is 154 Å². The molecule has 0 saturated carbocycles. The van der Waals surface area contributed by atoms with Crippen molar-refractivity contribution in [2.75, 3.05) is 0 Å². The van der Waals surface area contributed by atoms with Crippen LogP contribution in [0.3, 0.4) is 0 Å². The van der Waals surface area contributed by atoms with Crippen LogP contribution in [0.5, 0.6) is 5.75 Å². The van der Waals surface area contributed by atoms with Crippen molar-refractivity contribution in [1.82, 2.24) is 19.5 Å². The quantitative estimate of drug-likeness (QED) is 0.169. The summed E-state index contributed by atoms with van der Waals surface area (Å²) in [5.41, 5.74) is 14.6. The number of rotatable bonds is 6. The maximum absolute atomic E-state index is 11.0. The van der Waals surface area contributed by atoms with Gasteiger partial charge < -0.3 is 9.67 Å². The van der Waals surface area contributed by atoms with Gasteiger partial charge in [-0.05, 0) is 81.1 Å². The monoisotopic (exact) mass is 948 g/mol. The molecule has 6 heteroatoms. The van der Waals surface area contributed by atoms with Crippen LogP contribution in [0.15, 0.2) is 158 Å². The van der Waals surface area contributed by atoms with E-state index in [0.717, 1.165) is 61.5 Å². The first kappa shape index (κ1) is 39.7. The van der Waals surface area contributed by atoms with E-state index in [4.69, 9.17) is 9.97 Å². The summed E-state index contributed by atoms with van der Waals surface area (Å²) in [6.07, 6.45) is 5.61. The normalized spacial score (nSPS) is 11.8. The number of phenolic OH excluding ortho intramolecular Hbond substituents is 1. The number of aromatic nitrogens is 4. The molecule has 9 aromatic rings. The molecule has 0 aliphatic heterocycles.